The van der Waals surface area contributed by atoms with Crippen molar-refractivity contribution < 1.29 is 14.2 Å². The molecule has 0 amide bonds. The maximum Gasteiger partial charge on any atom is 0.231 e. The first-order valence-corrected chi connectivity index (χ1v) is 7.63. The minimum atomic E-state index is 0.265. The molecule has 21 heavy (non-hydrogen) atoms. The van der Waals surface area contributed by atoms with Crippen LogP contribution in [0, 0.1) is 5.92 Å². The van der Waals surface area contributed by atoms with Crippen molar-refractivity contribution in [2.24, 2.45) is 11.7 Å². The van der Waals surface area contributed by atoms with Crippen molar-refractivity contribution in [3.63, 3.8) is 0 Å². The summed E-state index contributed by atoms with van der Waals surface area (Å²) < 4.78 is 16.4. The number of ether oxygens (including phenoxy) is 3. The summed E-state index contributed by atoms with van der Waals surface area (Å²) in [5.74, 6) is 2.89. The van der Waals surface area contributed by atoms with Gasteiger partial charge in [-0.2, -0.15) is 0 Å². The highest BCUT2D eigenvalue weighted by Gasteiger charge is 2.28. The smallest absolute Gasteiger partial charge is 0.231 e. The van der Waals surface area contributed by atoms with Gasteiger partial charge in [0.05, 0.1) is 7.11 Å². The fourth-order valence-electron chi connectivity index (χ4n) is 3.42. The van der Waals surface area contributed by atoms with E-state index in [-0.39, 0.29) is 6.79 Å². The predicted molar refractivity (Wildman–Crippen MR) is 80.8 cm³/mol. The molecule has 2 atom stereocenters. The highest BCUT2D eigenvalue weighted by atomic mass is 16.7. The molecular weight excluding hydrogens is 268 g/mol. The second-order valence-electron chi connectivity index (χ2n) is 5.92. The van der Waals surface area contributed by atoms with Crippen molar-refractivity contribution in [3.05, 3.63) is 17.7 Å². The fraction of sp³-hybridized carbons (Fsp3) is 0.625. The summed E-state index contributed by atoms with van der Waals surface area (Å²) >= 11 is 0. The second-order valence-corrected chi connectivity index (χ2v) is 5.92. The molecule has 2 N–H and O–H groups in total. The number of rotatable bonds is 4. The molecule has 1 fully saturated rings. The van der Waals surface area contributed by atoms with Gasteiger partial charge in [0.25, 0.3) is 0 Å². The summed E-state index contributed by atoms with van der Waals surface area (Å²) in [6.45, 7) is 5.25. The Balaban J connectivity index is 1.81. The van der Waals surface area contributed by atoms with E-state index in [1.54, 1.807) is 7.11 Å². The van der Waals surface area contributed by atoms with Gasteiger partial charge in [-0.05, 0) is 43.0 Å². The first kappa shape index (κ1) is 14.5. The summed E-state index contributed by atoms with van der Waals surface area (Å²) in [5.41, 5.74) is 7.16. The van der Waals surface area contributed by atoms with E-state index in [1.165, 1.54) is 18.4 Å². The number of fused-ring (bicyclic) bond motifs is 1. The standard InChI is InChI=1S/C16H24N2O3/c1-11-4-3-5-18(13(11)8-17)9-12-6-14(19-2)16-15(7-12)20-10-21-16/h6-7,11,13H,3-5,8-10,17H2,1-2H3. The van der Waals surface area contributed by atoms with Crippen LogP contribution in [-0.2, 0) is 6.54 Å². The molecule has 1 aromatic rings. The van der Waals surface area contributed by atoms with Crippen LogP contribution in [0.5, 0.6) is 17.2 Å². The second kappa shape index (κ2) is 6.12. The third kappa shape index (κ3) is 2.80. The van der Waals surface area contributed by atoms with Gasteiger partial charge >= 0.3 is 0 Å². The number of methoxy groups -OCH3 is 1. The number of nitrogens with two attached hydrogens (primary N) is 1. The Bertz CT molecular complexity index is 507. The van der Waals surface area contributed by atoms with E-state index in [2.05, 4.69) is 17.9 Å². The summed E-state index contributed by atoms with van der Waals surface area (Å²) in [5, 5.41) is 0. The van der Waals surface area contributed by atoms with Crippen molar-refractivity contribution in [2.45, 2.75) is 32.4 Å². The molecular formula is C16H24N2O3. The average molecular weight is 292 g/mol. The Morgan fingerprint density at radius 3 is 3.00 bits per heavy atom. The predicted octanol–water partition coefficient (Wildman–Crippen LogP) is 1.98. The number of benzene rings is 1. The zero-order chi connectivity index (χ0) is 14.8. The Morgan fingerprint density at radius 2 is 2.24 bits per heavy atom. The normalized spacial score (nSPS) is 25.1. The van der Waals surface area contributed by atoms with Crippen molar-refractivity contribution >= 4 is 0 Å². The van der Waals surface area contributed by atoms with Crippen LogP contribution in [0.3, 0.4) is 0 Å². The molecule has 0 radical (unpaired) electrons. The monoisotopic (exact) mass is 292 g/mol. The zero-order valence-corrected chi connectivity index (χ0v) is 12.8. The van der Waals surface area contributed by atoms with Gasteiger partial charge in [0.15, 0.2) is 11.5 Å². The largest absolute Gasteiger partial charge is 0.493 e. The Labute approximate surface area is 126 Å². The summed E-state index contributed by atoms with van der Waals surface area (Å²) in [6.07, 6.45) is 2.50. The molecule has 2 heterocycles. The van der Waals surface area contributed by atoms with Gasteiger partial charge in [0.2, 0.25) is 12.5 Å². The van der Waals surface area contributed by atoms with Crippen LogP contribution in [-0.4, -0.2) is 37.9 Å². The Kier molecular flexibility index (Phi) is 4.22. The van der Waals surface area contributed by atoms with Gasteiger partial charge in [0.1, 0.15) is 0 Å². The molecule has 2 aliphatic rings. The van der Waals surface area contributed by atoms with E-state index < -0.39 is 0 Å². The van der Waals surface area contributed by atoms with E-state index in [1.807, 2.05) is 6.07 Å². The number of hydrogen-bond donors (Lipinski definition) is 1. The average Bonchev–Trinajstić information content (AvgIpc) is 2.95. The Hall–Kier alpha value is -1.46. The zero-order valence-electron chi connectivity index (χ0n) is 12.8. The molecule has 0 aliphatic carbocycles. The van der Waals surface area contributed by atoms with E-state index in [4.69, 9.17) is 19.9 Å². The van der Waals surface area contributed by atoms with Crippen LogP contribution >= 0.6 is 0 Å². The van der Waals surface area contributed by atoms with Gasteiger partial charge in [-0.1, -0.05) is 6.92 Å². The topological polar surface area (TPSA) is 57.0 Å². The van der Waals surface area contributed by atoms with E-state index in [0.717, 1.165) is 24.6 Å². The van der Waals surface area contributed by atoms with E-state index >= 15 is 0 Å². The molecule has 1 saturated heterocycles. The van der Waals surface area contributed by atoms with Crippen molar-refractivity contribution in [3.8, 4) is 17.2 Å². The number of piperidine rings is 1. The van der Waals surface area contributed by atoms with Crippen molar-refractivity contribution in [2.75, 3.05) is 27.0 Å². The lowest BCUT2D eigenvalue weighted by Crippen LogP contribution is -2.47. The summed E-state index contributed by atoms with van der Waals surface area (Å²) in [6, 6.07) is 4.55. The minimum absolute atomic E-state index is 0.265. The molecule has 2 aliphatic heterocycles. The third-order valence-electron chi connectivity index (χ3n) is 4.58. The molecule has 116 valence electrons. The van der Waals surface area contributed by atoms with Crippen LogP contribution in [0.2, 0.25) is 0 Å². The minimum Gasteiger partial charge on any atom is -0.493 e. The SMILES string of the molecule is COc1cc(CN2CCCC(C)C2CN)cc2c1OCO2. The van der Waals surface area contributed by atoms with Crippen LogP contribution in [0.1, 0.15) is 25.3 Å². The molecule has 5 heteroatoms. The molecule has 0 saturated carbocycles. The van der Waals surface area contributed by atoms with Gasteiger partial charge in [-0.25, -0.2) is 0 Å². The van der Waals surface area contributed by atoms with Gasteiger partial charge in [-0.3, -0.25) is 4.90 Å². The summed E-state index contributed by atoms with van der Waals surface area (Å²) in [7, 11) is 1.66. The van der Waals surface area contributed by atoms with Crippen molar-refractivity contribution in [1.82, 2.24) is 4.90 Å². The fourth-order valence-corrected chi connectivity index (χ4v) is 3.42. The Morgan fingerprint density at radius 1 is 1.38 bits per heavy atom. The quantitative estimate of drug-likeness (QED) is 0.919. The van der Waals surface area contributed by atoms with E-state index in [0.29, 0.717) is 24.3 Å². The lowest BCUT2D eigenvalue weighted by atomic mass is 9.90. The maximum atomic E-state index is 5.97. The third-order valence-corrected chi connectivity index (χ3v) is 4.58. The molecule has 0 aromatic heterocycles. The van der Waals surface area contributed by atoms with Crippen LogP contribution in [0.25, 0.3) is 0 Å². The van der Waals surface area contributed by atoms with Crippen LogP contribution in [0.15, 0.2) is 12.1 Å². The molecule has 3 rings (SSSR count). The molecule has 1 aromatic carbocycles. The first-order chi connectivity index (χ1) is 10.2. The van der Waals surface area contributed by atoms with Crippen molar-refractivity contribution in [1.29, 1.82) is 0 Å². The van der Waals surface area contributed by atoms with Gasteiger partial charge in [0, 0.05) is 19.1 Å². The van der Waals surface area contributed by atoms with E-state index in [9.17, 15) is 0 Å². The maximum absolute atomic E-state index is 5.97. The lowest BCUT2D eigenvalue weighted by molar-refractivity contribution is 0.0989. The van der Waals surface area contributed by atoms with Crippen LogP contribution in [0.4, 0.5) is 0 Å². The number of nitrogens with zero attached hydrogens (tertiary/aromatic N) is 1. The first-order valence-electron chi connectivity index (χ1n) is 7.63. The highest BCUT2D eigenvalue weighted by Crippen LogP contribution is 2.42. The van der Waals surface area contributed by atoms with Gasteiger partial charge in [-0.15, -0.1) is 0 Å². The molecule has 5 nitrogen and oxygen atoms in total. The molecule has 0 bridgehead atoms. The number of hydrogen-bond acceptors (Lipinski definition) is 5. The highest BCUT2D eigenvalue weighted by molar-refractivity contribution is 5.55. The molecule has 2 unspecified atom stereocenters. The number of likely N-dealkylation sites (tertiary alicyclic amines) is 1. The lowest BCUT2D eigenvalue weighted by Gasteiger charge is -2.39. The van der Waals surface area contributed by atoms with Gasteiger partial charge < -0.3 is 19.9 Å². The summed E-state index contributed by atoms with van der Waals surface area (Å²) in [4.78, 5) is 2.48. The molecule has 0 spiro atoms. The van der Waals surface area contributed by atoms with Crippen LogP contribution < -0.4 is 19.9 Å².